The number of hydrogen-bond acceptors (Lipinski definition) is 4. The van der Waals surface area contributed by atoms with Gasteiger partial charge < -0.3 is 19.9 Å². The van der Waals surface area contributed by atoms with E-state index in [1.54, 1.807) is 25.4 Å². The molecule has 2 N–H and O–H groups in total. The Labute approximate surface area is 174 Å². The summed E-state index contributed by atoms with van der Waals surface area (Å²) in [6, 6.07) is 21.0. The van der Waals surface area contributed by atoms with Crippen molar-refractivity contribution in [2.24, 2.45) is 0 Å². The van der Waals surface area contributed by atoms with E-state index in [1.165, 1.54) is 5.56 Å². The summed E-state index contributed by atoms with van der Waals surface area (Å²) in [6.45, 7) is 1.12. The third-order valence-corrected chi connectivity index (χ3v) is 4.76. The third kappa shape index (κ3) is 4.41. The van der Waals surface area contributed by atoms with Crippen LogP contribution in [-0.2, 0) is 13.0 Å². The zero-order valence-electron chi connectivity index (χ0n) is 16.7. The molecule has 2 aromatic carbocycles. The first kappa shape index (κ1) is 19.4. The van der Waals surface area contributed by atoms with Gasteiger partial charge in [-0.3, -0.25) is 0 Å². The molecule has 0 unspecified atom stereocenters. The lowest BCUT2D eigenvalue weighted by Crippen LogP contribution is -2.31. The smallest absolute Gasteiger partial charge is 0.319 e. The van der Waals surface area contributed by atoms with Gasteiger partial charge in [-0.2, -0.15) is 0 Å². The predicted octanol–water partition coefficient (Wildman–Crippen LogP) is 3.85. The van der Waals surface area contributed by atoms with Crippen molar-refractivity contribution in [3.8, 4) is 5.75 Å². The summed E-state index contributed by atoms with van der Waals surface area (Å²) in [5.41, 5.74) is 3.49. The molecule has 2 aromatic heterocycles. The Morgan fingerprint density at radius 3 is 2.67 bits per heavy atom. The van der Waals surface area contributed by atoms with Gasteiger partial charge in [0.1, 0.15) is 17.1 Å². The Kier molecular flexibility index (Phi) is 5.89. The number of pyridine rings is 1. The summed E-state index contributed by atoms with van der Waals surface area (Å²) in [4.78, 5) is 21.5. The molecule has 7 nitrogen and oxygen atoms in total. The van der Waals surface area contributed by atoms with Gasteiger partial charge in [-0.15, -0.1) is 0 Å². The number of ether oxygens (including phenoxy) is 1. The maximum absolute atomic E-state index is 12.3. The average molecular weight is 401 g/mol. The monoisotopic (exact) mass is 401 g/mol. The van der Waals surface area contributed by atoms with Crippen LogP contribution in [0.25, 0.3) is 11.2 Å². The zero-order chi connectivity index (χ0) is 20.8. The third-order valence-electron chi connectivity index (χ3n) is 4.76. The molecule has 2 amide bonds. The fourth-order valence-corrected chi connectivity index (χ4v) is 3.33. The molecule has 152 valence electrons. The fourth-order valence-electron chi connectivity index (χ4n) is 3.33. The Morgan fingerprint density at radius 2 is 1.83 bits per heavy atom. The van der Waals surface area contributed by atoms with Crippen LogP contribution in [0.3, 0.4) is 0 Å². The van der Waals surface area contributed by atoms with Gasteiger partial charge >= 0.3 is 6.03 Å². The molecule has 0 fully saturated rings. The fraction of sp³-hybridized carbons (Fsp3) is 0.174. The van der Waals surface area contributed by atoms with Crippen molar-refractivity contribution in [2.45, 2.75) is 13.0 Å². The van der Waals surface area contributed by atoms with Crippen molar-refractivity contribution in [1.82, 2.24) is 19.9 Å². The van der Waals surface area contributed by atoms with E-state index in [4.69, 9.17) is 9.72 Å². The number of amides is 2. The summed E-state index contributed by atoms with van der Waals surface area (Å²) in [7, 11) is 1.57. The minimum atomic E-state index is -0.289. The van der Waals surface area contributed by atoms with E-state index >= 15 is 0 Å². The zero-order valence-corrected chi connectivity index (χ0v) is 16.7. The number of methoxy groups -OCH3 is 1. The molecular weight excluding hydrogens is 378 g/mol. The number of hydrogen-bond donors (Lipinski definition) is 2. The maximum atomic E-state index is 12.3. The van der Waals surface area contributed by atoms with Crippen LogP contribution in [-0.4, -0.2) is 34.2 Å². The summed E-state index contributed by atoms with van der Waals surface area (Å²) in [6.07, 6.45) is 2.36. The van der Waals surface area contributed by atoms with Crippen molar-refractivity contribution >= 4 is 22.9 Å². The molecule has 0 saturated carbocycles. The van der Waals surface area contributed by atoms with Crippen molar-refractivity contribution in [3.63, 3.8) is 0 Å². The number of nitrogens with one attached hydrogen (secondary N) is 2. The maximum Gasteiger partial charge on any atom is 0.319 e. The molecule has 0 saturated heterocycles. The van der Waals surface area contributed by atoms with Crippen molar-refractivity contribution in [2.75, 3.05) is 19.0 Å². The van der Waals surface area contributed by atoms with E-state index in [-0.39, 0.29) is 6.03 Å². The molecule has 0 aliphatic carbocycles. The van der Waals surface area contributed by atoms with Crippen LogP contribution < -0.4 is 15.4 Å². The highest BCUT2D eigenvalue weighted by molar-refractivity contribution is 5.90. The predicted molar refractivity (Wildman–Crippen MR) is 117 cm³/mol. The molecule has 0 atom stereocenters. The Balaban J connectivity index is 1.45. The first-order chi connectivity index (χ1) is 14.7. The van der Waals surface area contributed by atoms with Gasteiger partial charge in [0.2, 0.25) is 0 Å². The Morgan fingerprint density at radius 1 is 1.03 bits per heavy atom. The molecule has 30 heavy (non-hydrogen) atoms. The van der Waals surface area contributed by atoms with Gasteiger partial charge in [0, 0.05) is 19.2 Å². The minimum absolute atomic E-state index is 0.289. The molecule has 0 aliphatic heterocycles. The van der Waals surface area contributed by atoms with Crippen molar-refractivity contribution in [1.29, 1.82) is 0 Å². The first-order valence-corrected chi connectivity index (χ1v) is 9.76. The lowest BCUT2D eigenvalue weighted by molar-refractivity contribution is 0.252. The van der Waals surface area contributed by atoms with Crippen LogP contribution in [0.1, 0.15) is 11.4 Å². The number of anilines is 1. The molecule has 0 spiro atoms. The molecule has 4 aromatic rings. The van der Waals surface area contributed by atoms with Gasteiger partial charge in [0.15, 0.2) is 5.65 Å². The highest BCUT2D eigenvalue weighted by Crippen LogP contribution is 2.22. The van der Waals surface area contributed by atoms with E-state index in [0.29, 0.717) is 30.9 Å². The number of urea groups is 1. The van der Waals surface area contributed by atoms with E-state index in [0.717, 1.165) is 17.0 Å². The molecule has 2 heterocycles. The van der Waals surface area contributed by atoms with Crippen LogP contribution >= 0.6 is 0 Å². The summed E-state index contributed by atoms with van der Waals surface area (Å²) in [5.74, 6) is 1.49. The van der Waals surface area contributed by atoms with Crippen LogP contribution in [0.5, 0.6) is 5.75 Å². The highest BCUT2D eigenvalue weighted by Gasteiger charge is 2.13. The lowest BCUT2D eigenvalue weighted by Gasteiger charge is -2.12. The van der Waals surface area contributed by atoms with Gasteiger partial charge in [0.25, 0.3) is 0 Å². The van der Waals surface area contributed by atoms with Gasteiger partial charge in [-0.05, 0) is 29.8 Å². The van der Waals surface area contributed by atoms with Crippen LogP contribution in [0.2, 0.25) is 0 Å². The molecule has 4 rings (SSSR count). The van der Waals surface area contributed by atoms with Crippen molar-refractivity contribution < 1.29 is 9.53 Å². The Bertz CT molecular complexity index is 1140. The Hall–Kier alpha value is -3.87. The summed E-state index contributed by atoms with van der Waals surface area (Å²) >= 11 is 0. The van der Waals surface area contributed by atoms with Crippen LogP contribution in [0.4, 0.5) is 10.5 Å². The second-order valence-corrected chi connectivity index (χ2v) is 6.78. The average Bonchev–Trinajstić information content (AvgIpc) is 3.12. The van der Waals surface area contributed by atoms with Crippen LogP contribution in [0.15, 0.2) is 72.9 Å². The number of imidazole rings is 1. The molecule has 0 radical (unpaired) electrons. The number of fused-ring (bicyclic) bond motifs is 1. The second-order valence-electron chi connectivity index (χ2n) is 6.78. The standard InChI is InChI=1S/C23H23N5O2/c1-30-20-12-6-5-10-18(20)27-23(29)25-15-13-21-26-19-11-7-14-24-22(19)28(21)16-17-8-3-2-4-9-17/h2-12,14H,13,15-16H2,1H3,(H2,25,27,29). The topological polar surface area (TPSA) is 81.1 Å². The van der Waals surface area contributed by atoms with Gasteiger partial charge in [-0.1, -0.05) is 42.5 Å². The van der Waals surface area contributed by atoms with E-state index in [9.17, 15) is 4.79 Å². The number of aromatic nitrogens is 3. The highest BCUT2D eigenvalue weighted by atomic mass is 16.5. The number of carbonyl (C=O) groups is 1. The van der Waals surface area contributed by atoms with E-state index in [2.05, 4.69) is 32.3 Å². The number of para-hydroxylation sites is 2. The lowest BCUT2D eigenvalue weighted by atomic mass is 10.2. The van der Waals surface area contributed by atoms with Crippen molar-refractivity contribution in [3.05, 3.63) is 84.3 Å². The number of benzene rings is 2. The molecule has 0 aliphatic rings. The SMILES string of the molecule is COc1ccccc1NC(=O)NCCc1nc2cccnc2n1Cc1ccccc1. The quantitative estimate of drug-likeness (QED) is 0.493. The van der Waals surface area contributed by atoms with Crippen LogP contribution in [0, 0.1) is 0 Å². The largest absolute Gasteiger partial charge is 0.495 e. The summed E-state index contributed by atoms with van der Waals surface area (Å²) in [5, 5.41) is 5.70. The van der Waals surface area contributed by atoms with Gasteiger partial charge in [0.05, 0.1) is 19.3 Å². The minimum Gasteiger partial charge on any atom is -0.495 e. The number of nitrogens with zero attached hydrogens (tertiary/aromatic N) is 3. The first-order valence-electron chi connectivity index (χ1n) is 9.76. The molecular formula is C23H23N5O2. The molecule has 0 bridgehead atoms. The number of rotatable bonds is 7. The number of carbonyl (C=O) groups excluding carboxylic acids is 1. The summed E-state index contributed by atoms with van der Waals surface area (Å²) < 4.78 is 7.36. The van der Waals surface area contributed by atoms with E-state index < -0.39 is 0 Å². The molecule has 7 heteroatoms. The normalized spacial score (nSPS) is 10.7. The second kappa shape index (κ2) is 9.09. The van der Waals surface area contributed by atoms with Gasteiger partial charge in [-0.25, -0.2) is 14.8 Å². The van der Waals surface area contributed by atoms with E-state index in [1.807, 2.05) is 42.5 Å².